The summed E-state index contributed by atoms with van der Waals surface area (Å²) in [5, 5.41) is 8.40. The number of piperidine rings is 3. The minimum absolute atomic E-state index is 0.419. The number of hydrogen-bond acceptors (Lipinski definition) is 5. The Bertz CT molecular complexity index is 483. The van der Waals surface area contributed by atoms with Crippen LogP contribution in [0.25, 0.3) is 0 Å². The van der Waals surface area contributed by atoms with Gasteiger partial charge >= 0.3 is 0 Å². The molecule has 4 fully saturated rings. The van der Waals surface area contributed by atoms with Crippen molar-refractivity contribution < 1.29 is 4.74 Å². The summed E-state index contributed by atoms with van der Waals surface area (Å²) in [5.41, 5.74) is 0.419. The van der Waals surface area contributed by atoms with Gasteiger partial charge in [0.25, 0.3) is 0 Å². The van der Waals surface area contributed by atoms with Gasteiger partial charge in [0.05, 0.1) is 7.11 Å². The smallest absolute Gasteiger partial charge is 0.233 e. The second kappa shape index (κ2) is 4.58. The maximum Gasteiger partial charge on any atom is 0.233 e. The first kappa shape index (κ1) is 12.4. The highest BCUT2D eigenvalue weighted by Crippen LogP contribution is 2.44. The van der Waals surface area contributed by atoms with E-state index in [0.717, 1.165) is 24.8 Å². The summed E-state index contributed by atoms with van der Waals surface area (Å²) in [6, 6.07) is 3.93. The highest BCUT2D eigenvalue weighted by atomic mass is 16.5. The van der Waals surface area contributed by atoms with E-state index in [1.807, 2.05) is 12.1 Å². The molecule has 1 unspecified atom stereocenters. The normalized spacial score (nSPS) is 35.8. The molecule has 1 spiro atoms. The van der Waals surface area contributed by atoms with Crippen molar-refractivity contribution in [2.75, 3.05) is 38.2 Å². The van der Waals surface area contributed by atoms with Crippen LogP contribution in [0.1, 0.15) is 25.7 Å². The van der Waals surface area contributed by atoms with E-state index in [4.69, 9.17) is 4.74 Å². The SMILES string of the molecule is COc1ccc(N2CCC3(CC4CCN3CC4)C2)nn1. The average molecular weight is 274 g/mol. The number of nitrogens with zero attached hydrogens (tertiary/aromatic N) is 4. The first-order chi connectivity index (χ1) is 9.79. The molecule has 4 saturated heterocycles. The lowest BCUT2D eigenvalue weighted by molar-refractivity contribution is -0.0157. The Balaban J connectivity index is 1.52. The molecule has 1 aromatic heterocycles. The molecule has 1 aromatic rings. The number of methoxy groups -OCH3 is 1. The molecule has 0 N–H and O–H groups in total. The Hall–Kier alpha value is -1.36. The zero-order chi connectivity index (χ0) is 13.6. The number of ether oxygens (including phenoxy) is 1. The van der Waals surface area contributed by atoms with Crippen LogP contribution in [0.4, 0.5) is 5.82 Å². The standard InChI is InChI=1S/C15H22N4O/c1-20-14-3-2-13(16-17-14)18-9-6-15(11-18)10-12-4-7-19(15)8-5-12/h2-3,12H,4-11H2,1H3. The molecule has 5 nitrogen and oxygen atoms in total. The molecule has 5 heteroatoms. The number of anilines is 1. The van der Waals surface area contributed by atoms with Gasteiger partial charge < -0.3 is 9.64 Å². The van der Waals surface area contributed by atoms with Crippen LogP contribution in [0.15, 0.2) is 12.1 Å². The molecule has 4 aliphatic heterocycles. The lowest BCUT2D eigenvalue weighted by Gasteiger charge is -2.52. The Labute approximate surface area is 119 Å². The first-order valence-corrected chi connectivity index (χ1v) is 7.67. The molecule has 4 aliphatic rings. The molecule has 0 amide bonds. The Kier molecular flexibility index (Phi) is 2.84. The van der Waals surface area contributed by atoms with Crippen molar-refractivity contribution >= 4 is 5.82 Å². The molecule has 0 radical (unpaired) electrons. The number of hydrogen-bond donors (Lipinski definition) is 0. The summed E-state index contributed by atoms with van der Waals surface area (Å²) in [4.78, 5) is 5.14. The van der Waals surface area contributed by atoms with Crippen LogP contribution < -0.4 is 9.64 Å². The fourth-order valence-electron chi connectivity index (χ4n) is 4.35. The topological polar surface area (TPSA) is 41.5 Å². The van der Waals surface area contributed by atoms with Gasteiger partial charge in [-0.15, -0.1) is 10.2 Å². The fourth-order valence-corrected chi connectivity index (χ4v) is 4.35. The highest BCUT2D eigenvalue weighted by Gasteiger charge is 2.49. The third-order valence-corrected chi connectivity index (χ3v) is 5.45. The van der Waals surface area contributed by atoms with Crippen molar-refractivity contribution in [1.82, 2.24) is 15.1 Å². The third kappa shape index (κ3) is 1.87. The van der Waals surface area contributed by atoms with E-state index in [2.05, 4.69) is 20.0 Å². The molecule has 5 rings (SSSR count). The zero-order valence-electron chi connectivity index (χ0n) is 12.1. The minimum atomic E-state index is 0.419. The molecule has 108 valence electrons. The summed E-state index contributed by atoms with van der Waals surface area (Å²) in [6.07, 6.45) is 5.47. The molecule has 0 aliphatic carbocycles. The van der Waals surface area contributed by atoms with Gasteiger partial charge in [-0.1, -0.05) is 0 Å². The van der Waals surface area contributed by atoms with Gasteiger partial charge in [0, 0.05) is 24.7 Å². The van der Waals surface area contributed by atoms with Crippen molar-refractivity contribution in [2.24, 2.45) is 5.92 Å². The first-order valence-electron chi connectivity index (χ1n) is 7.67. The monoisotopic (exact) mass is 274 g/mol. The predicted molar refractivity (Wildman–Crippen MR) is 77.1 cm³/mol. The molecule has 0 aromatic carbocycles. The molecular formula is C15H22N4O. The summed E-state index contributed by atoms with van der Waals surface area (Å²) in [7, 11) is 1.63. The van der Waals surface area contributed by atoms with Crippen LogP contribution in [-0.4, -0.2) is 53.9 Å². The number of fused-ring (bicyclic) bond motifs is 2. The molecule has 5 heterocycles. The van der Waals surface area contributed by atoms with Gasteiger partial charge in [0.15, 0.2) is 5.82 Å². The van der Waals surface area contributed by atoms with E-state index in [1.54, 1.807) is 7.11 Å². The fraction of sp³-hybridized carbons (Fsp3) is 0.733. The lowest BCUT2D eigenvalue weighted by atomic mass is 9.74. The van der Waals surface area contributed by atoms with Gasteiger partial charge in [0.2, 0.25) is 5.88 Å². The van der Waals surface area contributed by atoms with Crippen LogP contribution in [-0.2, 0) is 0 Å². The minimum Gasteiger partial charge on any atom is -0.480 e. The molecule has 0 saturated carbocycles. The second-order valence-electron chi connectivity index (χ2n) is 6.46. The quantitative estimate of drug-likeness (QED) is 0.818. The van der Waals surface area contributed by atoms with Crippen molar-refractivity contribution in [1.29, 1.82) is 0 Å². The van der Waals surface area contributed by atoms with Crippen LogP contribution in [0, 0.1) is 5.92 Å². The van der Waals surface area contributed by atoms with Crippen LogP contribution in [0.3, 0.4) is 0 Å². The maximum absolute atomic E-state index is 5.08. The van der Waals surface area contributed by atoms with Crippen molar-refractivity contribution in [3.8, 4) is 5.88 Å². The van der Waals surface area contributed by atoms with E-state index in [0.29, 0.717) is 11.4 Å². The van der Waals surface area contributed by atoms with Crippen LogP contribution in [0.2, 0.25) is 0 Å². The van der Waals surface area contributed by atoms with Crippen molar-refractivity contribution in [3.05, 3.63) is 12.1 Å². The van der Waals surface area contributed by atoms with Gasteiger partial charge in [0.1, 0.15) is 0 Å². The van der Waals surface area contributed by atoms with Gasteiger partial charge in [-0.25, -0.2) is 0 Å². The molecular weight excluding hydrogens is 252 g/mol. The summed E-state index contributed by atoms with van der Waals surface area (Å²) >= 11 is 0. The van der Waals surface area contributed by atoms with Gasteiger partial charge in [-0.2, -0.15) is 0 Å². The van der Waals surface area contributed by atoms with Crippen molar-refractivity contribution in [2.45, 2.75) is 31.2 Å². The summed E-state index contributed by atoms with van der Waals surface area (Å²) < 4.78 is 5.08. The van der Waals surface area contributed by atoms with Gasteiger partial charge in [-0.05, 0) is 50.8 Å². The Morgan fingerprint density at radius 1 is 1.20 bits per heavy atom. The predicted octanol–water partition coefficient (Wildman–Crippen LogP) is 1.55. The zero-order valence-corrected chi connectivity index (χ0v) is 12.1. The van der Waals surface area contributed by atoms with E-state index in [-0.39, 0.29) is 0 Å². The summed E-state index contributed by atoms with van der Waals surface area (Å²) in [6.45, 7) is 4.81. The van der Waals surface area contributed by atoms with E-state index in [1.165, 1.54) is 38.8 Å². The highest BCUT2D eigenvalue weighted by molar-refractivity contribution is 5.41. The van der Waals surface area contributed by atoms with E-state index < -0.39 is 0 Å². The molecule has 20 heavy (non-hydrogen) atoms. The molecule has 1 atom stereocenters. The Morgan fingerprint density at radius 2 is 2.05 bits per heavy atom. The Morgan fingerprint density at radius 3 is 2.65 bits per heavy atom. The summed E-state index contributed by atoms with van der Waals surface area (Å²) in [5.74, 6) is 2.54. The van der Waals surface area contributed by atoms with E-state index >= 15 is 0 Å². The maximum atomic E-state index is 5.08. The number of rotatable bonds is 2. The van der Waals surface area contributed by atoms with E-state index in [9.17, 15) is 0 Å². The van der Waals surface area contributed by atoms with Gasteiger partial charge in [-0.3, -0.25) is 4.90 Å². The third-order valence-electron chi connectivity index (χ3n) is 5.45. The average Bonchev–Trinajstić information content (AvgIpc) is 2.92. The van der Waals surface area contributed by atoms with Crippen LogP contribution in [0.5, 0.6) is 5.88 Å². The number of aromatic nitrogens is 2. The molecule has 2 bridgehead atoms. The van der Waals surface area contributed by atoms with Crippen molar-refractivity contribution in [3.63, 3.8) is 0 Å². The van der Waals surface area contributed by atoms with Crippen LogP contribution >= 0.6 is 0 Å². The second-order valence-corrected chi connectivity index (χ2v) is 6.46. The lowest BCUT2D eigenvalue weighted by Crippen LogP contribution is -2.59. The largest absolute Gasteiger partial charge is 0.480 e.